The molecule has 0 saturated carbocycles. The summed E-state index contributed by atoms with van der Waals surface area (Å²) in [6.45, 7) is 10.9. The largest absolute Gasteiger partial charge is 0.497 e. The van der Waals surface area contributed by atoms with Crippen molar-refractivity contribution >= 4 is 30.2 Å². The number of amides is 3. The van der Waals surface area contributed by atoms with E-state index in [2.05, 4.69) is 15.0 Å². The lowest BCUT2D eigenvalue weighted by atomic mass is 10.2. The van der Waals surface area contributed by atoms with E-state index in [1.165, 1.54) is 0 Å². The molecule has 0 radical (unpaired) electrons. The third kappa shape index (κ3) is 24.6. The number of methoxy groups -OCH3 is 1. The van der Waals surface area contributed by atoms with Crippen molar-refractivity contribution in [3.63, 3.8) is 0 Å². The fraction of sp³-hybridized carbons (Fsp3) is 0.218. The number of aliphatic carboxylic acids is 2. The topological polar surface area (TPSA) is 278 Å². The summed E-state index contributed by atoms with van der Waals surface area (Å²) in [7, 11) is 1.59. The van der Waals surface area contributed by atoms with Crippen LogP contribution < -0.4 is 28.4 Å². The van der Waals surface area contributed by atoms with Crippen LogP contribution in [0.4, 0.5) is 14.4 Å². The molecule has 0 saturated heterocycles. The van der Waals surface area contributed by atoms with Gasteiger partial charge in [0, 0.05) is 62.1 Å². The molecule has 0 fully saturated rings. The number of carbonyl (C=O) groups excluding carboxylic acids is 3. The van der Waals surface area contributed by atoms with Gasteiger partial charge in [0.1, 0.15) is 71.5 Å². The summed E-state index contributed by atoms with van der Waals surface area (Å²) in [6.07, 6.45) is -0.0865. The highest BCUT2D eigenvalue weighted by molar-refractivity contribution is 5.78. The van der Waals surface area contributed by atoms with Gasteiger partial charge in [0.15, 0.2) is 0 Å². The number of carboxylic acid groups (broad SMARTS) is 2. The Morgan fingerprint density at radius 3 is 1.14 bits per heavy atom. The first-order chi connectivity index (χ1) is 53.4. The third-order valence-corrected chi connectivity index (χ3v) is 16.9. The summed E-state index contributed by atoms with van der Waals surface area (Å²) in [5.74, 6) is 5.30. The summed E-state index contributed by atoms with van der Waals surface area (Å²) in [6, 6.07) is 74.4. The summed E-state index contributed by atoms with van der Waals surface area (Å²) < 4.78 is 56.5. The minimum atomic E-state index is -1.13. The molecule has 0 bridgehead atoms. The monoisotopic (exact) mass is 1490 g/mol. The Morgan fingerprint density at radius 2 is 0.727 bits per heavy atom. The highest BCUT2D eigenvalue weighted by atomic mass is 16.6. The molecular formula is C87H86N6O17. The fourth-order valence-corrected chi connectivity index (χ4v) is 11.1. The van der Waals surface area contributed by atoms with Crippen LogP contribution in [-0.4, -0.2) is 117 Å². The Morgan fingerprint density at radius 1 is 0.373 bits per heavy atom. The lowest BCUT2D eigenvalue weighted by Crippen LogP contribution is -2.37. The van der Waals surface area contributed by atoms with Gasteiger partial charge >= 0.3 is 30.2 Å². The second-order valence-corrected chi connectivity index (χ2v) is 25.2. The first kappa shape index (κ1) is 79.1. The molecule has 2 N–H and O–H groups in total. The molecule has 3 heterocycles. The first-order valence-electron chi connectivity index (χ1n) is 35.6. The zero-order chi connectivity index (χ0) is 77.6. The van der Waals surface area contributed by atoms with Crippen LogP contribution in [0.1, 0.15) is 69.1 Å². The highest BCUT2D eigenvalue weighted by Gasteiger charge is 2.23. The number of hydrogen-bond acceptors (Lipinski definition) is 18. The molecule has 0 atom stereocenters. The second kappa shape index (κ2) is 40.3. The molecule has 0 aliphatic carbocycles. The lowest BCUT2D eigenvalue weighted by molar-refractivity contribution is -0.139. The number of benzene rings is 9. The van der Waals surface area contributed by atoms with E-state index in [1.54, 1.807) is 90.9 Å². The number of carbonyl (C=O) groups is 5. The van der Waals surface area contributed by atoms with Crippen LogP contribution in [0.25, 0.3) is 34.4 Å². The van der Waals surface area contributed by atoms with Crippen molar-refractivity contribution in [3.8, 4) is 68.9 Å². The summed E-state index contributed by atoms with van der Waals surface area (Å²) >= 11 is 0. The predicted molar refractivity (Wildman–Crippen MR) is 412 cm³/mol. The minimum absolute atomic E-state index is 0.0526. The van der Waals surface area contributed by atoms with E-state index < -0.39 is 43.3 Å². The van der Waals surface area contributed by atoms with E-state index in [4.69, 9.17) is 46.4 Å². The van der Waals surface area contributed by atoms with E-state index in [9.17, 15) is 34.2 Å². The van der Waals surface area contributed by atoms with Crippen LogP contribution in [0, 0.1) is 27.7 Å². The van der Waals surface area contributed by atoms with Gasteiger partial charge in [-0.2, -0.15) is 0 Å². The molecule has 566 valence electrons. The molecule has 0 spiro atoms. The standard InChI is InChI=1S/2C29H28N2O6.C29H30N2O5/c1-20-11-13-24(14-12-20)37-29(34)31(19-27(32)33)18-22-7-6-10-25(17-22)35-16-15-26-21(2)36-28(30-26)23-8-4-3-5-9-23;1-21-26(30-28(37-21)24-12-6-3-7-13-24)15-16-35-25-14-8-11-23(17-25)18-31(19-27(32)33)29(34)36-20-22-9-4-2-5-10-22;1-4-31(29(32)36-26-16-14-24(33-3)15-17-26)20-22-10-12-25(13-11-22)34-19-18-27-21(2)35-28(30-27)23-8-6-5-7-9-23/h3-14,17H,15-16,18-19H2,1-2H3,(H,32,33);2-14,17H,15-16,18-20H2,1H3,(H,32,33);5-17H,4,18-20H2,1-3H3. The molecule has 9 aromatic carbocycles. The van der Waals surface area contributed by atoms with Gasteiger partial charge in [0.05, 0.1) is 44.0 Å². The molecule has 23 nitrogen and oxygen atoms in total. The van der Waals surface area contributed by atoms with E-state index >= 15 is 0 Å². The Kier molecular flexibility index (Phi) is 29.0. The Labute approximate surface area is 637 Å². The average molecular weight is 1490 g/mol. The number of aromatic nitrogens is 3. The van der Waals surface area contributed by atoms with Crippen LogP contribution in [0.3, 0.4) is 0 Å². The van der Waals surface area contributed by atoms with Gasteiger partial charge in [-0.05, 0) is 166 Å². The summed E-state index contributed by atoms with van der Waals surface area (Å²) in [4.78, 5) is 78.3. The van der Waals surface area contributed by atoms with Gasteiger partial charge in [0.2, 0.25) is 17.7 Å². The van der Waals surface area contributed by atoms with Crippen molar-refractivity contribution in [2.24, 2.45) is 0 Å². The van der Waals surface area contributed by atoms with Crippen LogP contribution in [0.15, 0.2) is 256 Å². The Bertz CT molecular complexity index is 4900. The molecule has 0 aliphatic heterocycles. The average Bonchev–Trinajstić information content (AvgIpc) is 1.78. The molecule has 0 aliphatic rings. The number of hydrogen-bond donors (Lipinski definition) is 2. The van der Waals surface area contributed by atoms with E-state index in [1.807, 2.05) is 198 Å². The number of carboxylic acids is 2. The highest BCUT2D eigenvalue weighted by Crippen LogP contribution is 2.28. The maximum absolute atomic E-state index is 12.7. The van der Waals surface area contributed by atoms with Gasteiger partial charge in [-0.3, -0.25) is 19.4 Å². The molecular weight excluding hydrogens is 1400 g/mol. The van der Waals surface area contributed by atoms with E-state index in [0.717, 1.165) is 88.9 Å². The van der Waals surface area contributed by atoms with Gasteiger partial charge in [-0.25, -0.2) is 29.3 Å². The second-order valence-electron chi connectivity index (χ2n) is 25.2. The quantitative estimate of drug-likeness (QED) is 0.0408. The van der Waals surface area contributed by atoms with E-state index in [-0.39, 0.29) is 19.7 Å². The normalized spacial score (nSPS) is 10.6. The zero-order valence-corrected chi connectivity index (χ0v) is 62.0. The molecule has 3 aromatic heterocycles. The molecule has 12 rings (SSSR count). The maximum atomic E-state index is 12.7. The maximum Gasteiger partial charge on any atom is 0.416 e. The number of oxazole rings is 3. The Hall–Kier alpha value is -13.4. The van der Waals surface area contributed by atoms with Crippen LogP contribution in [0.2, 0.25) is 0 Å². The molecule has 110 heavy (non-hydrogen) atoms. The molecule has 3 amide bonds. The van der Waals surface area contributed by atoms with Crippen molar-refractivity contribution in [1.29, 1.82) is 0 Å². The van der Waals surface area contributed by atoms with Crippen molar-refractivity contribution in [1.82, 2.24) is 29.7 Å². The van der Waals surface area contributed by atoms with Crippen molar-refractivity contribution < 1.29 is 80.6 Å². The van der Waals surface area contributed by atoms with Gasteiger partial charge in [0.25, 0.3) is 0 Å². The third-order valence-electron chi connectivity index (χ3n) is 16.9. The summed E-state index contributed by atoms with van der Waals surface area (Å²) in [5, 5.41) is 18.6. The van der Waals surface area contributed by atoms with E-state index in [0.29, 0.717) is 104 Å². The van der Waals surface area contributed by atoms with Gasteiger partial charge < -0.3 is 61.5 Å². The first-order valence-corrected chi connectivity index (χ1v) is 35.6. The van der Waals surface area contributed by atoms with Crippen molar-refractivity contribution in [2.75, 3.05) is 46.6 Å². The zero-order valence-electron chi connectivity index (χ0n) is 62.0. The minimum Gasteiger partial charge on any atom is -0.497 e. The Balaban J connectivity index is 0.000000176. The SMILES string of the molecule is CCN(Cc1ccc(OCCc2nc(-c3ccccc3)oc2C)cc1)C(=O)Oc1ccc(OC)cc1.Cc1ccc(OC(=O)N(CC(=O)O)Cc2cccc(OCCc3nc(-c4ccccc4)oc3C)c2)cc1.Cc1oc(-c2ccccc2)nc1CCOc1cccc(CN(CC(=O)O)C(=O)OCc2ccccc2)c1. The van der Waals surface area contributed by atoms with Crippen LogP contribution in [0.5, 0.6) is 34.5 Å². The lowest BCUT2D eigenvalue weighted by Gasteiger charge is -2.20. The van der Waals surface area contributed by atoms with Crippen molar-refractivity contribution in [3.05, 3.63) is 305 Å². The van der Waals surface area contributed by atoms with Crippen molar-refractivity contribution in [2.45, 2.75) is 80.1 Å². The molecule has 12 aromatic rings. The summed E-state index contributed by atoms with van der Waals surface area (Å²) in [5.41, 5.74) is 9.57. The number of ether oxygens (including phenoxy) is 7. The van der Waals surface area contributed by atoms with Gasteiger partial charge in [-0.1, -0.05) is 139 Å². The number of nitrogens with zero attached hydrogens (tertiary/aromatic N) is 6. The number of aryl methyl sites for hydroxylation is 4. The molecule has 23 heteroatoms. The van der Waals surface area contributed by atoms with Gasteiger partial charge in [-0.15, -0.1) is 0 Å². The fourth-order valence-electron chi connectivity index (χ4n) is 11.1. The van der Waals surface area contributed by atoms with Crippen LogP contribution in [-0.2, 0) is 59.8 Å². The molecule has 0 unspecified atom stereocenters. The smallest absolute Gasteiger partial charge is 0.416 e. The van der Waals surface area contributed by atoms with Crippen LogP contribution >= 0.6 is 0 Å². The predicted octanol–water partition coefficient (Wildman–Crippen LogP) is 17.5. The number of rotatable bonds is 31.